The van der Waals surface area contributed by atoms with Crippen molar-refractivity contribution in [2.45, 2.75) is 32.4 Å². The molecule has 0 saturated heterocycles. The molecule has 1 atom stereocenters. The van der Waals surface area contributed by atoms with Crippen LogP contribution in [0.25, 0.3) is 10.9 Å². The fourth-order valence-electron chi connectivity index (χ4n) is 2.61. The predicted octanol–water partition coefficient (Wildman–Crippen LogP) is 3.14. The van der Waals surface area contributed by atoms with Crippen LogP contribution in [0.2, 0.25) is 0 Å². The van der Waals surface area contributed by atoms with Crippen molar-refractivity contribution in [1.29, 1.82) is 0 Å². The molecule has 0 aliphatic rings. The maximum Gasteiger partial charge on any atom is 0.0705 e. The molecule has 1 N–H and O–H groups in total. The van der Waals surface area contributed by atoms with Crippen molar-refractivity contribution in [1.82, 2.24) is 15.2 Å². The standard InChI is InChI=1S/C17H25N3/c1-12-7-8-13-11-14(9-10-15(13)19-12)16(18-4)17(2,3)20(5)6/h7-11,16,18H,1-6H3. The summed E-state index contributed by atoms with van der Waals surface area (Å²) in [6, 6.07) is 11.0. The number of aryl methyl sites for hydroxylation is 1. The summed E-state index contributed by atoms with van der Waals surface area (Å²) >= 11 is 0. The van der Waals surface area contributed by atoms with E-state index < -0.39 is 0 Å². The number of aromatic nitrogens is 1. The van der Waals surface area contributed by atoms with Crippen LogP contribution in [-0.2, 0) is 0 Å². The molecule has 0 saturated carbocycles. The topological polar surface area (TPSA) is 28.2 Å². The number of hydrogen-bond donors (Lipinski definition) is 1. The number of rotatable bonds is 4. The van der Waals surface area contributed by atoms with Gasteiger partial charge in [0.25, 0.3) is 0 Å². The highest BCUT2D eigenvalue weighted by molar-refractivity contribution is 5.79. The monoisotopic (exact) mass is 271 g/mol. The molecule has 3 nitrogen and oxygen atoms in total. The average molecular weight is 271 g/mol. The highest BCUT2D eigenvalue weighted by atomic mass is 15.2. The van der Waals surface area contributed by atoms with E-state index >= 15 is 0 Å². The van der Waals surface area contributed by atoms with E-state index in [2.05, 4.69) is 73.5 Å². The van der Waals surface area contributed by atoms with Crippen LogP contribution in [-0.4, -0.2) is 36.6 Å². The summed E-state index contributed by atoms with van der Waals surface area (Å²) in [6.45, 7) is 6.54. The van der Waals surface area contributed by atoms with Crippen LogP contribution in [0.15, 0.2) is 30.3 Å². The van der Waals surface area contributed by atoms with Gasteiger partial charge in [0, 0.05) is 22.7 Å². The molecule has 1 unspecified atom stereocenters. The van der Waals surface area contributed by atoms with E-state index in [1.807, 2.05) is 14.0 Å². The Morgan fingerprint density at radius 2 is 1.85 bits per heavy atom. The summed E-state index contributed by atoms with van der Waals surface area (Å²) in [5, 5.41) is 4.65. The molecule has 1 aromatic heterocycles. The van der Waals surface area contributed by atoms with Crippen molar-refractivity contribution < 1.29 is 0 Å². The Morgan fingerprint density at radius 3 is 2.45 bits per heavy atom. The van der Waals surface area contributed by atoms with Crippen LogP contribution in [0.1, 0.15) is 31.1 Å². The highest BCUT2D eigenvalue weighted by Gasteiger charge is 2.31. The Balaban J connectivity index is 2.48. The maximum absolute atomic E-state index is 4.57. The first kappa shape index (κ1) is 14.9. The van der Waals surface area contributed by atoms with Crippen LogP contribution in [0.3, 0.4) is 0 Å². The van der Waals surface area contributed by atoms with E-state index in [4.69, 9.17) is 0 Å². The molecule has 2 rings (SSSR count). The van der Waals surface area contributed by atoms with E-state index in [0.717, 1.165) is 11.2 Å². The lowest BCUT2D eigenvalue weighted by molar-refractivity contribution is 0.142. The van der Waals surface area contributed by atoms with Gasteiger partial charge in [-0.3, -0.25) is 4.98 Å². The molecule has 0 fully saturated rings. The SMILES string of the molecule is CNC(c1ccc2nc(C)ccc2c1)C(C)(C)N(C)C. The average Bonchev–Trinajstić information content (AvgIpc) is 2.39. The smallest absolute Gasteiger partial charge is 0.0705 e. The lowest BCUT2D eigenvalue weighted by Gasteiger charge is -2.40. The third-order valence-electron chi connectivity index (χ3n) is 4.33. The van der Waals surface area contributed by atoms with Crippen LogP contribution >= 0.6 is 0 Å². The van der Waals surface area contributed by atoms with Gasteiger partial charge in [0.05, 0.1) is 5.52 Å². The molecule has 0 aliphatic carbocycles. The normalized spacial score (nSPS) is 13.9. The molecule has 20 heavy (non-hydrogen) atoms. The zero-order chi connectivity index (χ0) is 14.9. The van der Waals surface area contributed by atoms with Gasteiger partial charge in [-0.1, -0.05) is 12.1 Å². The molecule has 0 aliphatic heterocycles. The van der Waals surface area contributed by atoms with Gasteiger partial charge < -0.3 is 10.2 Å². The molecule has 0 amide bonds. The number of pyridine rings is 1. The summed E-state index contributed by atoms with van der Waals surface area (Å²) in [6.07, 6.45) is 0. The summed E-state index contributed by atoms with van der Waals surface area (Å²) < 4.78 is 0. The molecular formula is C17H25N3. The van der Waals surface area contributed by atoms with Crippen molar-refractivity contribution >= 4 is 10.9 Å². The summed E-state index contributed by atoms with van der Waals surface area (Å²) in [5.74, 6) is 0. The van der Waals surface area contributed by atoms with E-state index in [-0.39, 0.29) is 11.6 Å². The van der Waals surface area contributed by atoms with Gasteiger partial charge >= 0.3 is 0 Å². The first-order chi connectivity index (χ1) is 9.36. The lowest BCUT2D eigenvalue weighted by atomic mass is 9.87. The highest BCUT2D eigenvalue weighted by Crippen LogP contribution is 2.30. The molecule has 0 radical (unpaired) electrons. The number of nitrogens with zero attached hydrogens (tertiary/aromatic N) is 2. The molecular weight excluding hydrogens is 246 g/mol. The van der Waals surface area contributed by atoms with Gasteiger partial charge in [0.1, 0.15) is 0 Å². The first-order valence-electron chi connectivity index (χ1n) is 7.08. The molecule has 1 aromatic carbocycles. The molecule has 0 spiro atoms. The van der Waals surface area contributed by atoms with Crippen molar-refractivity contribution in [3.8, 4) is 0 Å². The second-order valence-corrected chi connectivity index (χ2v) is 6.17. The number of fused-ring (bicyclic) bond motifs is 1. The fourth-order valence-corrected chi connectivity index (χ4v) is 2.61. The second-order valence-electron chi connectivity index (χ2n) is 6.17. The van der Waals surface area contributed by atoms with Crippen LogP contribution in [0, 0.1) is 6.92 Å². The lowest BCUT2D eigenvalue weighted by Crippen LogP contribution is -2.48. The van der Waals surface area contributed by atoms with Gasteiger partial charge in [-0.05, 0) is 65.7 Å². The third-order valence-corrected chi connectivity index (χ3v) is 4.33. The Bertz CT molecular complexity index is 602. The molecule has 108 valence electrons. The van der Waals surface area contributed by atoms with Gasteiger partial charge in [-0.2, -0.15) is 0 Å². The van der Waals surface area contributed by atoms with E-state index in [1.54, 1.807) is 0 Å². The van der Waals surface area contributed by atoms with E-state index in [9.17, 15) is 0 Å². The molecule has 2 aromatic rings. The minimum atomic E-state index is 0.0283. The number of likely N-dealkylation sites (N-methyl/N-ethyl adjacent to an activating group) is 2. The van der Waals surface area contributed by atoms with Crippen molar-refractivity contribution in [2.24, 2.45) is 0 Å². The molecule has 3 heteroatoms. The van der Waals surface area contributed by atoms with Gasteiger partial charge in [0.15, 0.2) is 0 Å². The minimum Gasteiger partial charge on any atom is -0.311 e. The van der Waals surface area contributed by atoms with Gasteiger partial charge in [-0.15, -0.1) is 0 Å². The zero-order valence-corrected chi connectivity index (χ0v) is 13.4. The predicted molar refractivity (Wildman–Crippen MR) is 86.0 cm³/mol. The quantitative estimate of drug-likeness (QED) is 0.926. The van der Waals surface area contributed by atoms with Crippen molar-refractivity contribution in [3.05, 3.63) is 41.6 Å². The fraction of sp³-hybridized carbons (Fsp3) is 0.471. The summed E-state index contributed by atoms with van der Waals surface area (Å²) in [4.78, 5) is 6.82. The van der Waals surface area contributed by atoms with Gasteiger partial charge in [0.2, 0.25) is 0 Å². The first-order valence-corrected chi connectivity index (χ1v) is 7.08. The number of benzene rings is 1. The minimum absolute atomic E-state index is 0.0283. The van der Waals surface area contributed by atoms with E-state index in [1.165, 1.54) is 10.9 Å². The van der Waals surface area contributed by atoms with Gasteiger partial charge in [-0.25, -0.2) is 0 Å². The summed E-state index contributed by atoms with van der Waals surface area (Å²) in [7, 11) is 6.26. The molecule has 1 heterocycles. The van der Waals surface area contributed by atoms with Crippen molar-refractivity contribution in [2.75, 3.05) is 21.1 Å². The maximum atomic E-state index is 4.57. The second kappa shape index (κ2) is 5.51. The Hall–Kier alpha value is -1.45. The Morgan fingerprint density at radius 1 is 1.15 bits per heavy atom. The van der Waals surface area contributed by atoms with Crippen LogP contribution < -0.4 is 5.32 Å². The van der Waals surface area contributed by atoms with E-state index in [0.29, 0.717) is 0 Å². The molecule has 0 bridgehead atoms. The summed E-state index contributed by atoms with van der Waals surface area (Å²) in [5.41, 5.74) is 3.44. The van der Waals surface area contributed by atoms with Crippen molar-refractivity contribution in [3.63, 3.8) is 0 Å². The number of nitrogens with one attached hydrogen (secondary N) is 1. The van der Waals surface area contributed by atoms with Crippen LogP contribution in [0.5, 0.6) is 0 Å². The third kappa shape index (κ3) is 2.69. The Kier molecular flexibility index (Phi) is 4.11. The number of hydrogen-bond acceptors (Lipinski definition) is 3. The van der Waals surface area contributed by atoms with Crippen LogP contribution in [0.4, 0.5) is 0 Å². The Labute approximate surface area is 122 Å². The zero-order valence-electron chi connectivity index (χ0n) is 13.4. The largest absolute Gasteiger partial charge is 0.311 e.